The van der Waals surface area contributed by atoms with Crippen molar-refractivity contribution in [1.29, 1.82) is 0 Å². The number of rotatable bonds is 3. The molecule has 3 rings (SSSR count). The maximum Gasteiger partial charge on any atom is 0.205 e. The van der Waals surface area contributed by atoms with Gasteiger partial charge in [0.25, 0.3) is 0 Å². The predicted octanol–water partition coefficient (Wildman–Crippen LogP) is 2.72. The van der Waals surface area contributed by atoms with E-state index in [2.05, 4.69) is 4.98 Å². The van der Waals surface area contributed by atoms with E-state index >= 15 is 0 Å². The molecule has 5 heteroatoms. The van der Waals surface area contributed by atoms with Crippen molar-refractivity contribution in [2.45, 2.75) is 32.5 Å². The van der Waals surface area contributed by atoms with Crippen molar-refractivity contribution in [3.8, 4) is 5.75 Å². The third-order valence-corrected chi connectivity index (χ3v) is 3.34. The van der Waals surface area contributed by atoms with Crippen molar-refractivity contribution in [3.05, 3.63) is 48.0 Å². The van der Waals surface area contributed by atoms with Gasteiger partial charge in [0.1, 0.15) is 5.75 Å². The Morgan fingerprint density at radius 2 is 2.25 bits per heavy atom. The Labute approximate surface area is 118 Å². The second-order valence-electron chi connectivity index (χ2n) is 5.22. The fourth-order valence-corrected chi connectivity index (χ4v) is 2.38. The summed E-state index contributed by atoms with van der Waals surface area (Å²) in [5, 5.41) is 0. The fourth-order valence-electron chi connectivity index (χ4n) is 2.38. The summed E-state index contributed by atoms with van der Waals surface area (Å²) in [7, 11) is 1.68. The fraction of sp³-hybridized carbons (Fsp3) is 0.400. The topological polar surface area (TPSA) is 45.5 Å². The van der Waals surface area contributed by atoms with Crippen molar-refractivity contribution in [3.63, 3.8) is 0 Å². The van der Waals surface area contributed by atoms with Gasteiger partial charge in [0.2, 0.25) is 5.79 Å². The summed E-state index contributed by atoms with van der Waals surface area (Å²) >= 11 is 0. The van der Waals surface area contributed by atoms with Crippen LogP contribution in [0.2, 0.25) is 0 Å². The molecule has 1 unspecified atom stereocenters. The lowest BCUT2D eigenvalue weighted by Crippen LogP contribution is -2.36. The third-order valence-electron chi connectivity index (χ3n) is 3.34. The highest BCUT2D eigenvalue weighted by molar-refractivity contribution is 5.44. The summed E-state index contributed by atoms with van der Waals surface area (Å²) in [5.41, 5.74) is 2.00. The maximum atomic E-state index is 6.00. The van der Waals surface area contributed by atoms with Gasteiger partial charge < -0.3 is 18.8 Å². The number of benzene rings is 1. The third kappa shape index (κ3) is 2.30. The van der Waals surface area contributed by atoms with Crippen LogP contribution in [0, 0.1) is 0 Å². The highest BCUT2D eigenvalue weighted by atomic mass is 16.7. The van der Waals surface area contributed by atoms with Crippen molar-refractivity contribution in [2.75, 3.05) is 7.11 Å². The van der Waals surface area contributed by atoms with E-state index in [0.29, 0.717) is 6.61 Å². The number of hydrogen-bond acceptors (Lipinski definition) is 4. The molecule has 0 radical (unpaired) electrons. The monoisotopic (exact) mass is 274 g/mol. The van der Waals surface area contributed by atoms with Crippen LogP contribution in [0.4, 0.5) is 0 Å². The summed E-state index contributed by atoms with van der Waals surface area (Å²) in [4.78, 5) is 4.07. The molecule has 0 saturated carbocycles. The number of methoxy groups -OCH3 is 1. The minimum atomic E-state index is -0.629. The first-order chi connectivity index (χ1) is 9.61. The van der Waals surface area contributed by atoms with E-state index in [4.69, 9.17) is 14.2 Å². The average Bonchev–Trinajstić information content (AvgIpc) is 2.93. The van der Waals surface area contributed by atoms with E-state index in [9.17, 15) is 0 Å². The number of nitrogens with zero attached hydrogens (tertiary/aromatic N) is 2. The zero-order chi connectivity index (χ0) is 14.2. The molecule has 0 bridgehead atoms. The average molecular weight is 274 g/mol. The predicted molar refractivity (Wildman–Crippen MR) is 73.3 cm³/mol. The second-order valence-corrected chi connectivity index (χ2v) is 5.22. The number of imidazole rings is 1. The van der Waals surface area contributed by atoms with Gasteiger partial charge in [-0.25, -0.2) is 4.98 Å². The van der Waals surface area contributed by atoms with Crippen LogP contribution in [-0.2, 0) is 16.1 Å². The highest BCUT2D eigenvalue weighted by Gasteiger charge is 2.31. The lowest BCUT2D eigenvalue weighted by atomic mass is 10.1. The zero-order valence-electron chi connectivity index (χ0n) is 11.9. The van der Waals surface area contributed by atoms with Crippen LogP contribution in [0.15, 0.2) is 36.9 Å². The quantitative estimate of drug-likeness (QED) is 0.863. The number of ether oxygens (including phenoxy) is 3. The van der Waals surface area contributed by atoms with Gasteiger partial charge in [-0.05, 0) is 0 Å². The first-order valence-corrected chi connectivity index (χ1v) is 6.56. The Morgan fingerprint density at radius 3 is 2.95 bits per heavy atom. The number of hydrogen-bond donors (Lipinski definition) is 0. The van der Waals surface area contributed by atoms with Gasteiger partial charge in [0, 0.05) is 44.5 Å². The molecule has 2 aromatic rings. The van der Waals surface area contributed by atoms with Crippen LogP contribution in [0.3, 0.4) is 0 Å². The number of fused-ring (bicyclic) bond motifs is 1. The first kappa shape index (κ1) is 13.1. The summed E-state index contributed by atoms with van der Waals surface area (Å²) in [6.45, 7) is 4.36. The van der Waals surface area contributed by atoms with Crippen molar-refractivity contribution < 1.29 is 14.2 Å². The summed E-state index contributed by atoms with van der Waals surface area (Å²) < 4.78 is 19.2. The molecule has 106 valence electrons. The first-order valence-electron chi connectivity index (χ1n) is 6.56. The van der Waals surface area contributed by atoms with Crippen molar-refractivity contribution in [1.82, 2.24) is 9.55 Å². The van der Waals surface area contributed by atoms with Gasteiger partial charge in [-0.2, -0.15) is 0 Å². The van der Waals surface area contributed by atoms with Gasteiger partial charge in [-0.3, -0.25) is 0 Å². The summed E-state index contributed by atoms with van der Waals surface area (Å²) in [6.07, 6.45) is 5.08. The van der Waals surface area contributed by atoms with E-state index in [1.165, 1.54) is 0 Å². The van der Waals surface area contributed by atoms with Crippen LogP contribution in [0.5, 0.6) is 5.75 Å². The van der Waals surface area contributed by atoms with E-state index in [1.807, 2.05) is 42.8 Å². The highest BCUT2D eigenvalue weighted by Crippen LogP contribution is 2.38. The molecule has 0 saturated heterocycles. The number of aromatic nitrogens is 2. The lowest BCUT2D eigenvalue weighted by molar-refractivity contribution is -0.181. The van der Waals surface area contributed by atoms with Crippen LogP contribution in [0.25, 0.3) is 0 Å². The summed E-state index contributed by atoms with van der Waals surface area (Å²) in [6, 6.07) is 6.01. The molecule has 1 aliphatic rings. The molecule has 1 aromatic heterocycles. The Bertz CT molecular complexity index is 593. The molecule has 2 heterocycles. The molecule has 20 heavy (non-hydrogen) atoms. The maximum absolute atomic E-state index is 6.00. The number of para-hydroxylation sites is 1. The van der Waals surface area contributed by atoms with E-state index < -0.39 is 5.79 Å². The standard InChI is InChI=1S/C15H18N2O3/c1-15(2)19-9-11-5-4-6-12(13(11)20-15)14(18-3)17-8-7-16-10-17/h4-8,10,14H,9H2,1-3H3. The van der Waals surface area contributed by atoms with Gasteiger partial charge in [0.15, 0.2) is 6.23 Å². The summed E-state index contributed by atoms with van der Waals surface area (Å²) in [5.74, 6) is 0.209. The van der Waals surface area contributed by atoms with Gasteiger partial charge in [0.05, 0.1) is 12.9 Å². The molecule has 0 fully saturated rings. The minimum absolute atomic E-state index is 0.263. The molecular formula is C15H18N2O3. The molecular weight excluding hydrogens is 256 g/mol. The minimum Gasteiger partial charge on any atom is -0.462 e. The van der Waals surface area contributed by atoms with E-state index in [1.54, 1.807) is 19.6 Å². The second kappa shape index (κ2) is 4.92. The van der Waals surface area contributed by atoms with Gasteiger partial charge >= 0.3 is 0 Å². The van der Waals surface area contributed by atoms with Gasteiger partial charge in [-0.15, -0.1) is 0 Å². The van der Waals surface area contributed by atoms with Crippen LogP contribution in [-0.4, -0.2) is 22.4 Å². The Balaban J connectivity index is 2.06. The lowest BCUT2D eigenvalue weighted by Gasteiger charge is -2.35. The molecule has 0 amide bonds. The smallest absolute Gasteiger partial charge is 0.205 e. The molecule has 1 aliphatic heterocycles. The molecule has 1 atom stereocenters. The van der Waals surface area contributed by atoms with E-state index in [-0.39, 0.29) is 6.23 Å². The van der Waals surface area contributed by atoms with Gasteiger partial charge in [-0.1, -0.05) is 18.2 Å². The van der Waals surface area contributed by atoms with E-state index in [0.717, 1.165) is 16.9 Å². The Hall–Kier alpha value is -1.85. The Kier molecular flexibility index (Phi) is 3.23. The molecule has 0 spiro atoms. The zero-order valence-corrected chi connectivity index (χ0v) is 11.9. The molecule has 5 nitrogen and oxygen atoms in total. The van der Waals surface area contributed by atoms with Crippen LogP contribution in [0.1, 0.15) is 31.2 Å². The van der Waals surface area contributed by atoms with Crippen LogP contribution < -0.4 is 4.74 Å². The normalized spacial score (nSPS) is 18.1. The van der Waals surface area contributed by atoms with Crippen molar-refractivity contribution >= 4 is 0 Å². The molecule has 1 aromatic carbocycles. The Morgan fingerprint density at radius 1 is 1.40 bits per heavy atom. The largest absolute Gasteiger partial charge is 0.462 e. The van der Waals surface area contributed by atoms with Crippen molar-refractivity contribution in [2.24, 2.45) is 0 Å². The molecule has 0 N–H and O–H groups in total. The van der Waals surface area contributed by atoms with Crippen LogP contribution >= 0.6 is 0 Å². The SMILES string of the molecule is COC(c1cccc2c1OC(C)(C)OC2)n1ccnc1. The molecule has 0 aliphatic carbocycles.